The predicted octanol–water partition coefficient (Wildman–Crippen LogP) is 1.53. The van der Waals surface area contributed by atoms with Crippen molar-refractivity contribution >= 4 is 22.6 Å². The molecule has 0 saturated carbocycles. The van der Waals surface area contributed by atoms with Gasteiger partial charge in [-0.3, -0.25) is 0 Å². The number of aliphatic hydroxyl groups is 1. The minimum Gasteiger partial charge on any atom is -0.395 e. The monoisotopic (exact) mass is 276 g/mol. The normalized spacial score (nSPS) is 10.2. The molecule has 2 N–H and O–H groups in total. The summed E-state index contributed by atoms with van der Waals surface area (Å²) >= 11 is 2.28. The van der Waals surface area contributed by atoms with Gasteiger partial charge in [0.2, 0.25) is 0 Å². The van der Waals surface area contributed by atoms with Crippen molar-refractivity contribution in [1.82, 2.24) is 5.32 Å². The molecule has 1 rings (SSSR count). The fourth-order valence-electron chi connectivity index (χ4n) is 0.901. The van der Waals surface area contributed by atoms with Crippen molar-refractivity contribution in [2.24, 2.45) is 0 Å². The Bertz CT molecular complexity index is 240. The van der Waals surface area contributed by atoms with Gasteiger partial charge in [-0.25, -0.2) is 0 Å². The highest BCUT2D eigenvalue weighted by atomic mass is 127. The summed E-state index contributed by atoms with van der Waals surface area (Å²) in [5, 5.41) is 11.5. The largest absolute Gasteiger partial charge is 0.395 e. The second-order valence-corrected chi connectivity index (χ2v) is 3.64. The lowest BCUT2D eigenvalue weighted by Crippen LogP contribution is -2.11. The molecule has 0 aliphatic carbocycles. The molecule has 65 valence electrons. The van der Waals surface area contributed by atoms with Crippen molar-refractivity contribution < 1.29 is 5.11 Å². The zero-order chi connectivity index (χ0) is 8.81. The van der Waals surface area contributed by atoms with Crippen LogP contribution in [0.25, 0.3) is 0 Å². The molecule has 0 saturated heterocycles. The molecule has 0 atom stereocenters. The van der Waals surface area contributed by atoms with Crippen LogP contribution in [0.3, 0.4) is 0 Å². The number of nitrogens with one attached hydrogen (secondary N) is 1. The molecule has 0 bridgehead atoms. The van der Waals surface area contributed by atoms with Crippen LogP contribution >= 0.6 is 22.6 Å². The van der Waals surface area contributed by atoms with E-state index in [-0.39, 0.29) is 6.61 Å². The third kappa shape index (κ3) is 3.51. The summed E-state index contributed by atoms with van der Waals surface area (Å²) in [4.78, 5) is 0. The van der Waals surface area contributed by atoms with Crippen molar-refractivity contribution in [3.8, 4) is 0 Å². The molecule has 0 amide bonds. The molecule has 0 spiro atoms. The van der Waals surface area contributed by atoms with Crippen molar-refractivity contribution in [2.75, 3.05) is 6.61 Å². The topological polar surface area (TPSA) is 32.3 Å². The van der Waals surface area contributed by atoms with Gasteiger partial charge in [0.25, 0.3) is 0 Å². The summed E-state index contributed by atoms with van der Waals surface area (Å²) in [5.41, 5.74) is 1.23. The van der Waals surface area contributed by atoms with E-state index in [0.29, 0.717) is 0 Å². The maximum Gasteiger partial charge on any atom is 0.0600 e. The fourth-order valence-corrected chi connectivity index (χ4v) is 1.51. The van der Waals surface area contributed by atoms with Crippen LogP contribution in [0.5, 0.6) is 0 Å². The molecule has 0 aromatic heterocycles. The SMILES string of the molecule is OC[CH]NCc1cccc(I)c1. The smallest absolute Gasteiger partial charge is 0.0600 e. The van der Waals surface area contributed by atoms with Gasteiger partial charge in [-0.05, 0) is 40.3 Å². The molecule has 0 aliphatic rings. The fraction of sp³-hybridized carbons (Fsp3) is 0.222. The molecule has 0 heterocycles. The van der Waals surface area contributed by atoms with Gasteiger partial charge in [-0.1, -0.05) is 12.1 Å². The lowest BCUT2D eigenvalue weighted by molar-refractivity contribution is 0.317. The second kappa shape index (κ2) is 5.50. The van der Waals surface area contributed by atoms with Crippen molar-refractivity contribution in [1.29, 1.82) is 0 Å². The molecule has 1 aromatic carbocycles. The highest BCUT2D eigenvalue weighted by molar-refractivity contribution is 14.1. The molecule has 1 aromatic rings. The summed E-state index contributed by atoms with van der Waals surface area (Å²) in [7, 11) is 0. The Kier molecular flexibility index (Phi) is 4.57. The van der Waals surface area contributed by atoms with Crippen LogP contribution in [0.1, 0.15) is 5.56 Å². The zero-order valence-electron chi connectivity index (χ0n) is 6.63. The van der Waals surface area contributed by atoms with E-state index in [1.165, 1.54) is 9.13 Å². The lowest BCUT2D eigenvalue weighted by atomic mass is 10.2. The molecular formula is C9H11INO. The van der Waals surface area contributed by atoms with Gasteiger partial charge in [-0.2, -0.15) is 0 Å². The van der Waals surface area contributed by atoms with E-state index in [9.17, 15) is 0 Å². The molecule has 0 unspecified atom stereocenters. The van der Waals surface area contributed by atoms with E-state index in [0.717, 1.165) is 6.54 Å². The number of rotatable bonds is 4. The van der Waals surface area contributed by atoms with E-state index in [2.05, 4.69) is 46.1 Å². The van der Waals surface area contributed by atoms with Crippen LogP contribution in [0, 0.1) is 10.1 Å². The maximum absolute atomic E-state index is 8.48. The number of aliphatic hydroxyl groups excluding tert-OH is 1. The first-order valence-electron chi connectivity index (χ1n) is 3.73. The summed E-state index contributed by atoms with van der Waals surface area (Å²) in [6, 6.07) is 8.25. The van der Waals surface area contributed by atoms with Gasteiger partial charge in [0.15, 0.2) is 0 Å². The van der Waals surface area contributed by atoms with E-state index in [4.69, 9.17) is 5.11 Å². The quantitative estimate of drug-likeness (QED) is 0.645. The number of hydrogen-bond acceptors (Lipinski definition) is 2. The van der Waals surface area contributed by atoms with E-state index in [1.54, 1.807) is 6.54 Å². The summed E-state index contributed by atoms with van der Waals surface area (Å²) in [6.07, 6.45) is 0. The highest BCUT2D eigenvalue weighted by Gasteiger charge is 1.92. The number of halogens is 1. The van der Waals surface area contributed by atoms with Gasteiger partial charge >= 0.3 is 0 Å². The van der Waals surface area contributed by atoms with Gasteiger partial charge in [-0.15, -0.1) is 0 Å². The Hall–Kier alpha value is -0.130. The summed E-state index contributed by atoms with van der Waals surface area (Å²) in [6.45, 7) is 2.49. The lowest BCUT2D eigenvalue weighted by Gasteiger charge is -2.02. The predicted molar refractivity (Wildman–Crippen MR) is 57.4 cm³/mol. The van der Waals surface area contributed by atoms with Crippen molar-refractivity contribution in [3.63, 3.8) is 0 Å². The van der Waals surface area contributed by atoms with E-state index in [1.807, 2.05) is 6.07 Å². The van der Waals surface area contributed by atoms with Gasteiger partial charge in [0.05, 0.1) is 6.61 Å². The van der Waals surface area contributed by atoms with Crippen LogP contribution in [-0.4, -0.2) is 11.7 Å². The van der Waals surface area contributed by atoms with Crippen LogP contribution in [-0.2, 0) is 6.54 Å². The van der Waals surface area contributed by atoms with Crippen molar-refractivity contribution in [3.05, 3.63) is 39.9 Å². The van der Waals surface area contributed by atoms with Crippen LogP contribution in [0.15, 0.2) is 24.3 Å². The first-order valence-corrected chi connectivity index (χ1v) is 4.81. The standard InChI is InChI=1S/C9H11INO/c10-9-3-1-2-8(6-9)7-11-4-5-12/h1-4,6,11-12H,5,7H2. The minimum absolute atomic E-state index is 0.0733. The zero-order valence-corrected chi connectivity index (χ0v) is 8.78. The highest BCUT2D eigenvalue weighted by Crippen LogP contribution is 2.07. The third-order valence-electron chi connectivity index (χ3n) is 1.43. The molecule has 12 heavy (non-hydrogen) atoms. The van der Waals surface area contributed by atoms with Crippen molar-refractivity contribution in [2.45, 2.75) is 6.54 Å². The molecule has 0 aliphatic heterocycles. The molecule has 2 nitrogen and oxygen atoms in total. The van der Waals surface area contributed by atoms with Gasteiger partial charge < -0.3 is 10.4 Å². The first-order chi connectivity index (χ1) is 5.83. The van der Waals surface area contributed by atoms with E-state index < -0.39 is 0 Å². The Balaban J connectivity index is 2.41. The Morgan fingerprint density at radius 3 is 3.00 bits per heavy atom. The third-order valence-corrected chi connectivity index (χ3v) is 2.10. The summed E-state index contributed by atoms with van der Waals surface area (Å²) < 4.78 is 1.23. The average molecular weight is 276 g/mol. The first kappa shape index (κ1) is 9.95. The van der Waals surface area contributed by atoms with Crippen LogP contribution < -0.4 is 5.32 Å². The molecule has 1 radical (unpaired) electrons. The molecular weight excluding hydrogens is 265 g/mol. The van der Waals surface area contributed by atoms with Gasteiger partial charge in [0, 0.05) is 16.7 Å². The Morgan fingerprint density at radius 2 is 2.33 bits per heavy atom. The minimum atomic E-state index is 0.0733. The van der Waals surface area contributed by atoms with Crippen LogP contribution in [0.4, 0.5) is 0 Å². The molecule has 3 heteroatoms. The second-order valence-electron chi connectivity index (χ2n) is 2.40. The molecule has 0 fully saturated rings. The van der Waals surface area contributed by atoms with E-state index >= 15 is 0 Å². The van der Waals surface area contributed by atoms with Gasteiger partial charge in [0.1, 0.15) is 0 Å². The number of benzene rings is 1. The Labute approximate surface area is 86.1 Å². The Morgan fingerprint density at radius 1 is 1.50 bits per heavy atom. The summed E-state index contributed by atoms with van der Waals surface area (Å²) in [5.74, 6) is 0. The average Bonchev–Trinajstić information content (AvgIpc) is 2.05. The van der Waals surface area contributed by atoms with Crippen LogP contribution in [0.2, 0.25) is 0 Å². The number of hydrogen-bond donors (Lipinski definition) is 2. The maximum atomic E-state index is 8.48.